The molecule has 0 saturated carbocycles. The largest absolute Gasteiger partial charge is 0.481 e. The first-order valence-corrected chi connectivity index (χ1v) is 15.3. The number of imidazole rings is 1. The van der Waals surface area contributed by atoms with Gasteiger partial charge in [-0.3, -0.25) is 14.2 Å². The zero-order valence-electron chi connectivity index (χ0n) is 25.1. The Morgan fingerprint density at radius 3 is 1.98 bits per heavy atom. The van der Waals surface area contributed by atoms with Crippen LogP contribution < -0.4 is 4.74 Å². The molecule has 0 aliphatic carbocycles. The number of ether oxygens (including phenoxy) is 1. The first-order valence-electron chi connectivity index (χ1n) is 15.0. The van der Waals surface area contributed by atoms with Crippen molar-refractivity contribution in [2.75, 3.05) is 0 Å². The van der Waals surface area contributed by atoms with Gasteiger partial charge in [0.1, 0.15) is 5.75 Å². The van der Waals surface area contributed by atoms with Crippen molar-refractivity contribution in [2.45, 2.75) is 124 Å². The van der Waals surface area contributed by atoms with Crippen LogP contribution in [0.15, 0.2) is 55.1 Å². The Kier molecular flexibility index (Phi) is 18.8. The minimum Gasteiger partial charge on any atom is -0.481 e. The summed E-state index contributed by atoms with van der Waals surface area (Å²) in [6, 6.07) is 6.93. The summed E-state index contributed by atoms with van der Waals surface area (Å²) < 4.78 is 7.47. The lowest BCUT2D eigenvalue weighted by atomic mass is 9.89. The number of unbranched alkanes of at least 4 members (excludes halogenated alkanes) is 11. The van der Waals surface area contributed by atoms with Crippen LogP contribution in [0.5, 0.6) is 5.75 Å². The Hall–Kier alpha value is -2.60. The predicted molar refractivity (Wildman–Crippen MR) is 165 cm³/mol. The molecule has 1 heterocycles. The molecule has 0 aliphatic heterocycles. The molecule has 2 rings (SSSR count). The number of hydrogen-bond acceptors (Lipinski definition) is 4. The summed E-state index contributed by atoms with van der Waals surface area (Å²) >= 11 is 5.85. The fourth-order valence-corrected chi connectivity index (χ4v) is 4.14. The minimum absolute atomic E-state index is 0.0227. The fraction of sp³-hybridized carbons (Fsp3) is 0.606. The van der Waals surface area contributed by atoms with Gasteiger partial charge in [-0.2, -0.15) is 0 Å². The molecule has 224 valence electrons. The van der Waals surface area contributed by atoms with Gasteiger partial charge in [0.2, 0.25) is 6.23 Å². The van der Waals surface area contributed by atoms with Crippen molar-refractivity contribution in [2.24, 2.45) is 5.41 Å². The quantitative estimate of drug-likeness (QED) is 0.133. The smallest absolute Gasteiger partial charge is 0.303 e. The van der Waals surface area contributed by atoms with E-state index < -0.39 is 17.6 Å². The lowest BCUT2D eigenvalue weighted by molar-refractivity contribution is -0.138. The summed E-state index contributed by atoms with van der Waals surface area (Å²) in [5.74, 6) is -0.0984. The number of carboxylic acids is 1. The van der Waals surface area contributed by atoms with Gasteiger partial charge in [0.15, 0.2) is 5.78 Å². The molecule has 40 heavy (non-hydrogen) atoms. The van der Waals surface area contributed by atoms with Crippen molar-refractivity contribution in [1.82, 2.24) is 9.55 Å². The van der Waals surface area contributed by atoms with Crippen LogP contribution in [0.25, 0.3) is 0 Å². The maximum atomic E-state index is 12.5. The van der Waals surface area contributed by atoms with Crippen LogP contribution in [0.4, 0.5) is 0 Å². The second kappa shape index (κ2) is 21.2. The number of benzene rings is 1. The van der Waals surface area contributed by atoms with Gasteiger partial charge in [0.05, 0.1) is 6.33 Å². The maximum absolute atomic E-state index is 12.5. The summed E-state index contributed by atoms with van der Waals surface area (Å²) in [5, 5.41) is 9.13. The number of rotatable bonds is 19. The highest BCUT2D eigenvalue weighted by Crippen LogP contribution is 2.27. The van der Waals surface area contributed by atoms with Crippen LogP contribution in [0.1, 0.15) is 124 Å². The van der Waals surface area contributed by atoms with Crippen LogP contribution in [0.3, 0.4) is 0 Å². The zero-order valence-corrected chi connectivity index (χ0v) is 25.9. The van der Waals surface area contributed by atoms with Gasteiger partial charge in [0.25, 0.3) is 0 Å². The van der Waals surface area contributed by atoms with E-state index >= 15 is 0 Å². The molecule has 1 N–H and O–H groups in total. The van der Waals surface area contributed by atoms with Crippen molar-refractivity contribution in [3.8, 4) is 5.75 Å². The molecule has 0 spiro atoms. The molecule has 0 amide bonds. The second-order valence-electron chi connectivity index (χ2n) is 11.3. The number of carbonyl (C=O) groups excluding carboxylic acids is 1. The Morgan fingerprint density at radius 1 is 0.925 bits per heavy atom. The van der Waals surface area contributed by atoms with Gasteiger partial charge in [-0.1, -0.05) is 103 Å². The lowest BCUT2D eigenvalue weighted by Gasteiger charge is -2.26. The molecular formula is C33H51ClN2O4. The van der Waals surface area contributed by atoms with E-state index in [1.807, 2.05) is 20.8 Å². The Balaban J connectivity index is 0.000000400. The van der Waals surface area contributed by atoms with Crippen molar-refractivity contribution < 1.29 is 19.4 Å². The average Bonchev–Trinajstić information content (AvgIpc) is 3.45. The van der Waals surface area contributed by atoms with E-state index in [0.717, 1.165) is 12.8 Å². The van der Waals surface area contributed by atoms with Crippen LogP contribution in [-0.4, -0.2) is 26.4 Å². The first-order chi connectivity index (χ1) is 19.1. The van der Waals surface area contributed by atoms with E-state index in [9.17, 15) is 9.59 Å². The summed E-state index contributed by atoms with van der Waals surface area (Å²) in [4.78, 5) is 26.8. The second-order valence-corrected chi connectivity index (χ2v) is 11.7. The molecule has 0 bridgehead atoms. The number of carboxylic acid groups (broad SMARTS) is 1. The lowest BCUT2D eigenvalue weighted by Crippen LogP contribution is -2.33. The van der Waals surface area contributed by atoms with Crippen molar-refractivity contribution in [3.63, 3.8) is 0 Å². The first kappa shape index (κ1) is 35.4. The van der Waals surface area contributed by atoms with Gasteiger partial charge in [-0.05, 0) is 56.4 Å². The number of aromatic nitrogens is 2. The fourth-order valence-electron chi connectivity index (χ4n) is 4.02. The minimum atomic E-state index is -0.737. The highest BCUT2D eigenvalue weighted by atomic mass is 35.5. The SMILES string of the molecule is CC(C)(C)C(=O)C(Oc1ccc(Cl)cc1)n1ccnc1.CCCCCCCC/C=C/CCCCCCCC(=O)O. The third-order valence-electron chi connectivity index (χ3n) is 6.47. The number of hydrogen-bond donors (Lipinski definition) is 1. The molecule has 0 radical (unpaired) electrons. The Bertz CT molecular complexity index is 950. The van der Waals surface area contributed by atoms with E-state index in [1.165, 1.54) is 70.6 Å². The average molecular weight is 575 g/mol. The Morgan fingerprint density at radius 2 is 1.48 bits per heavy atom. The number of Topliss-reactive ketones (excluding diaryl/α,β-unsaturated/α-hetero) is 1. The van der Waals surface area contributed by atoms with Crippen molar-refractivity contribution in [3.05, 3.63) is 60.2 Å². The molecule has 0 saturated heterocycles. The molecule has 0 fully saturated rings. The highest BCUT2D eigenvalue weighted by Gasteiger charge is 2.32. The van der Waals surface area contributed by atoms with Crippen LogP contribution in [0, 0.1) is 5.41 Å². The molecule has 1 atom stereocenters. The number of nitrogens with zero attached hydrogens (tertiary/aromatic N) is 2. The number of carbonyl (C=O) groups is 2. The number of ketones is 1. The van der Waals surface area contributed by atoms with Crippen molar-refractivity contribution in [1.29, 1.82) is 0 Å². The zero-order chi connectivity index (χ0) is 29.6. The van der Waals surface area contributed by atoms with Gasteiger partial charge in [0, 0.05) is 29.3 Å². The monoisotopic (exact) mass is 574 g/mol. The molecule has 1 unspecified atom stereocenters. The molecular weight excluding hydrogens is 524 g/mol. The maximum Gasteiger partial charge on any atom is 0.303 e. The molecule has 0 aliphatic rings. The molecule has 7 heteroatoms. The van der Waals surface area contributed by atoms with Gasteiger partial charge >= 0.3 is 5.97 Å². The number of halogens is 1. The number of aliphatic carboxylic acids is 1. The van der Waals surface area contributed by atoms with Gasteiger partial charge in [-0.15, -0.1) is 0 Å². The van der Waals surface area contributed by atoms with Crippen LogP contribution in [0.2, 0.25) is 5.02 Å². The van der Waals surface area contributed by atoms with E-state index in [4.69, 9.17) is 21.4 Å². The number of allylic oxidation sites excluding steroid dienone is 2. The Labute approximate surface area is 247 Å². The van der Waals surface area contributed by atoms with Gasteiger partial charge < -0.3 is 9.84 Å². The van der Waals surface area contributed by atoms with E-state index in [-0.39, 0.29) is 5.78 Å². The third-order valence-corrected chi connectivity index (χ3v) is 6.72. The molecule has 1 aromatic heterocycles. The normalized spacial score (nSPS) is 12.1. The predicted octanol–water partition coefficient (Wildman–Crippen LogP) is 9.84. The third kappa shape index (κ3) is 17.2. The van der Waals surface area contributed by atoms with Gasteiger partial charge in [-0.25, -0.2) is 4.98 Å². The highest BCUT2D eigenvalue weighted by molar-refractivity contribution is 6.30. The van der Waals surface area contributed by atoms with E-state index in [0.29, 0.717) is 17.2 Å². The van der Waals surface area contributed by atoms with Crippen LogP contribution >= 0.6 is 11.6 Å². The summed E-state index contributed by atoms with van der Waals surface area (Å²) in [5.41, 5.74) is -0.513. The standard InChI is InChI=1S/C18H34O2.C15H17ClN2O2/c1-2-3-4-5-6-7-8-9-10-11-12-13-14-15-16-17-18(19)20;1-15(2,3)13(19)14(18-9-8-17-10-18)20-12-6-4-11(16)5-7-12/h9-10H,2-8,11-17H2,1H3,(H,19,20);4-10,14H,1-3H3/b10-9+;. The molecule has 2 aromatic rings. The summed E-state index contributed by atoms with van der Waals surface area (Å²) in [6.07, 6.45) is 25.4. The van der Waals surface area contributed by atoms with E-state index in [1.54, 1.807) is 47.6 Å². The molecule has 6 nitrogen and oxygen atoms in total. The van der Waals surface area contributed by atoms with Crippen LogP contribution in [-0.2, 0) is 9.59 Å². The molecule has 1 aromatic carbocycles. The summed E-state index contributed by atoms with van der Waals surface area (Å²) in [6.45, 7) is 7.86. The topological polar surface area (TPSA) is 81.4 Å². The van der Waals surface area contributed by atoms with Crippen molar-refractivity contribution >= 4 is 23.4 Å². The van der Waals surface area contributed by atoms with E-state index in [2.05, 4.69) is 24.1 Å². The summed E-state index contributed by atoms with van der Waals surface area (Å²) in [7, 11) is 0.